The number of carbonyl (C=O) groups excluding carboxylic acids is 1. The summed E-state index contributed by atoms with van der Waals surface area (Å²) in [5.41, 5.74) is 0.362. The molecule has 2 aromatic carbocycles. The first kappa shape index (κ1) is 20.7. The molecule has 0 spiro atoms. The summed E-state index contributed by atoms with van der Waals surface area (Å²) < 4.78 is 32.6. The maximum absolute atomic E-state index is 13.1. The normalized spacial score (nSPS) is 11.3. The molecule has 0 bridgehead atoms. The fraction of sp³-hybridized carbons (Fsp3) is 0.316. The van der Waals surface area contributed by atoms with Crippen molar-refractivity contribution in [2.45, 2.75) is 4.90 Å². The molecule has 0 radical (unpaired) electrons. The number of amides is 1. The Kier molecular flexibility index (Phi) is 7.20. The second-order valence-electron chi connectivity index (χ2n) is 6.18. The van der Waals surface area contributed by atoms with Gasteiger partial charge in [-0.05, 0) is 38.4 Å². The molecule has 0 heterocycles. The second-order valence-corrected chi connectivity index (χ2v) is 8.04. The van der Waals surface area contributed by atoms with Crippen LogP contribution < -0.4 is 14.4 Å². The average Bonchev–Trinajstić information content (AvgIpc) is 2.66. The number of nitrogens with one attached hydrogen (secondary N) is 1. The maximum Gasteiger partial charge on any atom is 0.264 e. The molecule has 0 aromatic heterocycles. The Morgan fingerprint density at radius 1 is 1.07 bits per heavy atom. The highest BCUT2D eigenvalue weighted by Gasteiger charge is 2.27. The predicted octanol–water partition coefficient (Wildman–Crippen LogP) is 1.57. The van der Waals surface area contributed by atoms with Crippen molar-refractivity contribution < 1.29 is 17.9 Å². The molecule has 146 valence electrons. The molecule has 8 heteroatoms. The number of rotatable bonds is 9. The number of sulfonamides is 1. The molecule has 0 aliphatic heterocycles. The number of carbonyl (C=O) groups is 1. The molecule has 27 heavy (non-hydrogen) atoms. The van der Waals surface area contributed by atoms with E-state index in [2.05, 4.69) is 5.32 Å². The molecule has 1 amide bonds. The number of benzene rings is 2. The second kappa shape index (κ2) is 9.38. The molecular formula is C19H25N3O4S. The topological polar surface area (TPSA) is 79.0 Å². The first-order valence-electron chi connectivity index (χ1n) is 8.48. The van der Waals surface area contributed by atoms with Crippen molar-refractivity contribution in [3.63, 3.8) is 0 Å². The van der Waals surface area contributed by atoms with Crippen molar-refractivity contribution in [2.24, 2.45) is 0 Å². The lowest BCUT2D eigenvalue weighted by molar-refractivity contribution is -0.119. The molecule has 0 saturated heterocycles. The van der Waals surface area contributed by atoms with Gasteiger partial charge in [-0.2, -0.15) is 0 Å². The van der Waals surface area contributed by atoms with E-state index in [0.29, 0.717) is 24.5 Å². The third kappa shape index (κ3) is 5.70. The number of likely N-dealkylation sites (N-methyl/N-ethyl adjacent to an activating group) is 1. The highest BCUT2D eigenvalue weighted by atomic mass is 32.2. The van der Waals surface area contributed by atoms with Crippen LogP contribution in [0.15, 0.2) is 59.5 Å². The van der Waals surface area contributed by atoms with Crippen LogP contribution in [0.3, 0.4) is 0 Å². The van der Waals surface area contributed by atoms with Gasteiger partial charge in [-0.15, -0.1) is 0 Å². The van der Waals surface area contributed by atoms with Crippen molar-refractivity contribution in [1.82, 2.24) is 10.2 Å². The predicted molar refractivity (Wildman–Crippen MR) is 106 cm³/mol. The summed E-state index contributed by atoms with van der Waals surface area (Å²) in [4.78, 5) is 14.4. The molecule has 1 N–H and O–H groups in total. The Labute approximate surface area is 160 Å². The number of hydrogen-bond donors (Lipinski definition) is 1. The smallest absolute Gasteiger partial charge is 0.264 e. The van der Waals surface area contributed by atoms with Crippen molar-refractivity contribution in [2.75, 3.05) is 45.1 Å². The average molecular weight is 391 g/mol. The van der Waals surface area contributed by atoms with E-state index in [1.807, 2.05) is 19.0 Å². The summed E-state index contributed by atoms with van der Waals surface area (Å²) >= 11 is 0. The molecule has 0 unspecified atom stereocenters. The molecule has 2 aromatic rings. The van der Waals surface area contributed by atoms with Crippen molar-refractivity contribution in [3.8, 4) is 5.75 Å². The highest BCUT2D eigenvalue weighted by Crippen LogP contribution is 2.26. The van der Waals surface area contributed by atoms with E-state index < -0.39 is 10.0 Å². The maximum atomic E-state index is 13.1. The van der Waals surface area contributed by atoms with Crippen LogP contribution in [0.5, 0.6) is 5.75 Å². The summed E-state index contributed by atoms with van der Waals surface area (Å²) in [5, 5.41) is 2.75. The quantitative estimate of drug-likeness (QED) is 0.702. The lowest BCUT2D eigenvalue weighted by Crippen LogP contribution is -2.42. The van der Waals surface area contributed by atoms with Gasteiger partial charge in [0.15, 0.2) is 0 Å². The fourth-order valence-corrected chi connectivity index (χ4v) is 3.84. The van der Waals surface area contributed by atoms with Crippen LogP contribution in [-0.4, -0.2) is 60.1 Å². The molecule has 0 saturated carbocycles. The van der Waals surface area contributed by atoms with Gasteiger partial charge in [0, 0.05) is 19.2 Å². The molecule has 2 rings (SSSR count). The van der Waals surface area contributed by atoms with Crippen LogP contribution >= 0.6 is 0 Å². The number of anilines is 1. The van der Waals surface area contributed by atoms with E-state index in [1.54, 1.807) is 42.5 Å². The van der Waals surface area contributed by atoms with Gasteiger partial charge < -0.3 is 15.0 Å². The van der Waals surface area contributed by atoms with Gasteiger partial charge in [0.2, 0.25) is 5.91 Å². The Morgan fingerprint density at radius 2 is 1.78 bits per heavy atom. The lowest BCUT2D eigenvalue weighted by Gasteiger charge is -2.24. The monoisotopic (exact) mass is 391 g/mol. The van der Waals surface area contributed by atoms with E-state index in [0.717, 1.165) is 4.31 Å². The van der Waals surface area contributed by atoms with Crippen LogP contribution in [0.2, 0.25) is 0 Å². The molecule has 0 fully saturated rings. The van der Waals surface area contributed by atoms with Crippen LogP contribution in [0.1, 0.15) is 0 Å². The number of nitrogens with zero attached hydrogens (tertiary/aromatic N) is 2. The van der Waals surface area contributed by atoms with Crippen LogP contribution in [0.25, 0.3) is 0 Å². The van der Waals surface area contributed by atoms with Gasteiger partial charge in [0.1, 0.15) is 12.3 Å². The minimum Gasteiger partial charge on any atom is -0.497 e. The zero-order chi connectivity index (χ0) is 19.9. The van der Waals surface area contributed by atoms with E-state index >= 15 is 0 Å². The SMILES string of the molecule is COc1cccc(N(CC(=O)NCCN(C)C)S(=O)(=O)c2ccccc2)c1. The molecule has 0 atom stereocenters. The lowest BCUT2D eigenvalue weighted by atomic mass is 10.3. The molecule has 0 aliphatic rings. The van der Waals surface area contributed by atoms with Gasteiger partial charge in [-0.3, -0.25) is 9.10 Å². The number of ether oxygens (including phenoxy) is 1. The van der Waals surface area contributed by atoms with E-state index in [9.17, 15) is 13.2 Å². The number of hydrogen-bond acceptors (Lipinski definition) is 5. The molecular weight excluding hydrogens is 366 g/mol. The van der Waals surface area contributed by atoms with Crippen LogP contribution in [-0.2, 0) is 14.8 Å². The zero-order valence-electron chi connectivity index (χ0n) is 15.8. The first-order valence-corrected chi connectivity index (χ1v) is 9.92. The number of methoxy groups -OCH3 is 1. The molecule has 7 nitrogen and oxygen atoms in total. The zero-order valence-corrected chi connectivity index (χ0v) is 16.6. The first-order chi connectivity index (χ1) is 12.8. The summed E-state index contributed by atoms with van der Waals surface area (Å²) in [7, 11) is 1.39. The Balaban J connectivity index is 2.32. The Bertz CT molecular complexity index is 854. The van der Waals surface area contributed by atoms with Gasteiger partial charge >= 0.3 is 0 Å². The van der Waals surface area contributed by atoms with Gasteiger partial charge in [-0.25, -0.2) is 8.42 Å². The summed E-state index contributed by atoms with van der Waals surface area (Å²) in [6.07, 6.45) is 0. The minimum absolute atomic E-state index is 0.119. The Hall–Kier alpha value is -2.58. The Morgan fingerprint density at radius 3 is 2.41 bits per heavy atom. The summed E-state index contributed by atoms with van der Waals surface area (Å²) in [6, 6.07) is 14.7. The van der Waals surface area contributed by atoms with Crippen LogP contribution in [0, 0.1) is 0 Å². The summed E-state index contributed by atoms with van der Waals surface area (Å²) in [5.74, 6) is 0.132. The van der Waals surface area contributed by atoms with E-state index in [1.165, 1.54) is 19.2 Å². The van der Waals surface area contributed by atoms with Crippen LogP contribution in [0.4, 0.5) is 5.69 Å². The standard InChI is InChI=1S/C19H25N3O4S/c1-21(2)13-12-20-19(23)15-22(16-8-7-9-17(14-16)26-3)27(24,25)18-10-5-4-6-11-18/h4-11,14H,12-13,15H2,1-3H3,(H,20,23). The highest BCUT2D eigenvalue weighted by molar-refractivity contribution is 7.92. The van der Waals surface area contributed by atoms with Gasteiger partial charge in [-0.1, -0.05) is 24.3 Å². The van der Waals surface area contributed by atoms with Crippen molar-refractivity contribution >= 4 is 21.6 Å². The largest absolute Gasteiger partial charge is 0.497 e. The van der Waals surface area contributed by atoms with Gasteiger partial charge in [0.25, 0.3) is 10.0 Å². The third-order valence-electron chi connectivity index (χ3n) is 3.84. The third-order valence-corrected chi connectivity index (χ3v) is 5.63. The molecule has 0 aliphatic carbocycles. The van der Waals surface area contributed by atoms with E-state index in [4.69, 9.17) is 4.74 Å². The summed E-state index contributed by atoms with van der Waals surface area (Å²) in [6.45, 7) is 0.775. The van der Waals surface area contributed by atoms with Crippen molar-refractivity contribution in [1.29, 1.82) is 0 Å². The fourth-order valence-electron chi connectivity index (χ4n) is 2.41. The van der Waals surface area contributed by atoms with Gasteiger partial charge in [0.05, 0.1) is 17.7 Å². The van der Waals surface area contributed by atoms with E-state index in [-0.39, 0.29) is 17.3 Å². The minimum atomic E-state index is -3.91. The van der Waals surface area contributed by atoms with Crippen molar-refractivity contribution in [3.05, 3.63) is 54.6 Å².